The fourth-order valence-corrected chi connectivity index (χ4v) is 3.99. The number of nitrogens with one attached hydrogen (secondary N) is 1. The monoisotopic (exact) mass is 441 g/mol. The van der Waals surface area contributed by atoms with E-state index in [9.17, 15) is 4.79 Å². The molecule has 170 valence electrons. The molecule has 0 fully saturated rings. The van der Waals surface area contributed by atoms with E-state index < -0.39 is 0 Å². The maximum atomic E-state index is 13.1. The average Bonchev–Trinajstić information content (AvgIpc) is 2.82. The van der Waals surface area contributed by atoms with Crippen molar-refractivity contribution in [2.45, 2.75) is 39.5 Å². The molecule has 0 spiro atoms. The van der Waals surface area contributed by atoms with Crippen LogP contribution in [0.25, 0.3) is 5.57 Å². The largest absolute Gasteiger partial charge is 0.486 e. The summed E-state index contributed by atoms with van der Waals surface area (Å²) in [4.78, 5) is 13.1. The van der Waals surface area contributed by atoms with Crippen molar-refractivity contribution >= 4 is 17.2 Å². The first kappa shape index (κ1) is 22.7. The van der Waals surface area contributed by atoms with E-state index in [-0.39, 0.29) is 11.3 Å². The van der Waals surface area contributed by atoms with Gasteiger partial charge in [0.25, 0.3) is 0 Å². The molecule has 1 N–H and O–H groups in total. The topological polar surface area (TPSA) is 47.6 Å². The van der Waals surface area contributed by atoms with Crippen molar-refractivity contribution in [3.63, 3.8) is 0 Å². The number of carbonyl (C=O) groups is 1. The minimum absolute atomic E-state index is 0.0688. The van der Waals surface area contributed by atoms with Gasteiger partial charge in [-0.3, -0.25) is 4.79 Å². The first-order valence-corrected chi connectivity index (χ1v) is 11.5. The third-order valence-corrected chi connectivity index (χ3v) is 5.84. The highest BCUT2D eigenvalue weighted by Gasteiger charge is 2.17. The lowest BCUT2D eigenvalue weighted by Gasteiger charge is -2.20. The molecule has 0 unspecified atom stereocenters. The van der Waals surface area contributed by atoms with Crippen LogP contribution >= 0.6 is 0 Å². The molecule has 1 aliphatic heterocycles. The number of ether oxygens (including phenoxy) is 2. The molecule has 4 rings (SSSR count). The Hall–Kier alpha value is -3.53. The fourth-order valence-electron chi connectivity index (χ4n) is 3.99. The number of rotatable bonds is 5. The molecule has 1 amide bonds. The highest BCUT2D eigenvalue weighted by Crippen LogP contribution is 2.33. The molecule has 0 radical (unpaired) electrons. The summed E-state index contributed by atoms with van der Waals surface area (Å²) in [5.74, 6) is 1.16. The van der Waals surface area contributed by atoms with Gasteiger partial charge < -0.3 is 14.8 Å². The maximum Gasteiger partial charge on any atom is 0.249 e. The van der Waals surface area contributed by atoms with Gasteiger partial charge in [-0.25, -0.2) is 0 Å². The Morgan fingerprint density at radius 3 is 2.33 bits per heavy atom. The Morgan fingerprint density at radius 1 is 0.939 bits per heavy atom. The molecule has 0 aliphatic carbocycles. The molecule has 0 bridgehead atoms. The number of benzene rings is 3. The van der Waals surface area contributed by atoms with Crippen molar-refractivity contribution in [1.82, 2.24) is 0 Å². The second-order valence-corrected chi connectivity index (χ2v) is 9.24. The van der Waals surface area contributed by atoms with E-state index in [1.807, 2.05) is 24.3 Å². The van der Waals surface area contributed by atoms with Crippen LogP contribution in [0.3, 0.4) is 0 Å². The Kier molecular flexibility index (Phi) is 6.55. The minimum Gasteiger partial charge on any atom is -0.486 e. The summed E-state index contributed by atoms with van der Waals surface area (Å²) in [6.07, 6.45) is 2.58. The predicted octanol–water partition coefficient (Wildman–Crippen LogP) is 6.39. The van der Waals surface area contributed by atoms with Crippen LogP contribution in [0.1, 0.15) is 49.9 Å². The van der Waals surface area contributed by atoms with Crippen LogP contribution in [0.2, 0.25) is 0 Å². The lowest BCUT2D eigenvalue weighted by atomic mass is 9.85. The van der Waals surface area contributed by atoms with E-state index in [0.717, 1.165) is 23.1 Å². The van der Waals surface area contributed by atoms with Gasteiger partial charge >= 0.3 is 0 Å². The molecule has 1 heterocycles. The van der Waals surface area contributed by atoms with Gasteiger partial charge in [0.2, 0.25) is 5.91 Å². The van der Waals surface area contributed by atoms with Crippen molar-refractivity contribution in [2.24, 2.45) is 0 Å². The zero-order valence-corrected chi connectivity index (χ0v) is 19.8. The zero-order valence-electron chi connectivity index (χ0n) is 19.8. The van der Waals surface area contributed by atoms with Crippen molar-refractivity contribution in [3.8, 4) is 11.5 Å². The van der Waals surface area contributed by atoms with Gasteiger partial charge in [-0.1, -0.05) is 76.2 Å². The number of hydrogen-bond donors (Lipinski definition) is 1. The number of anilines is 1. The third kappa shape index (κ3) is 5.28. The van der Waals surface area contributed by atoms with Crippen LogP contribution in [0, 0.1) is 0 Å². The standard InChI is InChI=1S/C29H31NO3/c1-5-20-8-6-7-9-24(20)25(21-10-12-22(13-11-21)29(2,3)4)19-28(31)30-23-14-15-26-27(18-23)33-17-16-32-26/h6-15,18-19H,5,16-17H2,1-4H3,(H,30,31). The van der Waals surface area contributed by atoms with Crippen molar-refractivity contribution < 1.29 is 14.3 Å². The second-order valence-electron chi connectivity index (χ2n) is 9.24. The molecule has 3 aromatic carbocycles. The zero-order chi connectivity index (χ0) is 23.4. The molecular weight excluding hydrogens is 410 g/mol. The van der Waals surface area contributed by atoms with E-state index in [0.29, 0.717) is 30.4 Å². The van der Waals surface area contributed by atoms with Gasteiger partial charge in [0, 0.05) is 17.8 Å². The molecule has 33 heavy (non-hydrogen) atoms. The van der Waals surface area contributed by atoms with Crippen LogP contribution in [0.4, 0.5) is 5.69 Å². The highest BCUT2D eigenvalue weighted by atomic mass is 16.6. The number of hydrogen-bond acceptors (Lipinski definition) is 3. The summed E-state index contributed by atoms with van der Waals surface area (Å²) in [6.45, 7) is 9.78. The average molecular weight is 442 g/mol. The van der Waals surface area contributed by atoms with E-state index in [2.05, 4.69) is 69.4 Å². The smallest absolute Gasteiger partial charge is 0.249 e. The van der Waals surface area contributed by atoms with Crippen LogP contribution in [-0.4, -0.2) is 19.1 Å². The van der Waals surface area contributed by atoms with Gasteiger partial charge in [-0.2, -0.15) is 0 Å². The normalized spacial score (nSPS) is 13.5. The van der Waals surface area contributed by atoms with Gasteiger partial charge in [-0.15, -0.1) is 0 Å². The summed E-state index contributed by atoms with van der Waals surface area (Å²) < 4.78 is 11.2. The van der Waals surface area contributed by atoms with Crippen molar-refractivity contribution in [3.05, 3.63) is 95.1 Å². The molecule has 0 saturated heterocycles. The number of carbonyl (C=O) groups excluding carboxylic acids is 1. The van der Waals surface area contributed by atoms with Crippen molar-refractivity contribution in [1.29, 1.82) is 0 Å². The molecule has 4 heteroatoms. The lowest BCUT2D eigenvalue weighted by molar-refractivity contribution is -0.111. The second kappa shape index (κ2) is 9.53. The number of fused-ring (bicyclic) bond motifs is 1. The molecular formula is C29H31NO3. The molecule has 0 aromatic heterocycles. The van der Waals surface area contributed by atoms with Crippen LogP contribution in [0.5, 0.6) is 11.5 Å². The molecule has 3 aromatic rings. The number of amides is 1. The first-order valence-electron chi connectivity index (χ1n) is 11.5. The first-order chi connectivity index (χ1) is 15.8. The van der Waals surface area contributed by atoms with Crippen LogP contribution in [-0.2, 0) is 16.6 Å². The van der Waals surface area contributed by atoms with E-state index in [1.54, 1.807) is 12.1 Å². The summed E-state index contributed by atoms with van der Waals surface area (Å²) in [7, 11) is 0. The molecule has 0 atom stereocenters. The molecule has 0 saturated carbocycles. The summed E-state index contributed by atoms with van der Waals surface area (Å²) in [6, 6.07) is 22.2. The van der Waals surface area contributed by atoms with Crippen LogP contribution < -0.4 is 14.8 Å². The Labute approximate surface area is 196 Å². The maximum absolute atomic E-state index is 13.1. The summed E-state index contributed by atoms with van der Waals surface area (Å²) in [5, 5.41) is 2.98. The predicted molar refractivity (Wildman–Crippen MR) is 134 cm³/mol. The van der Waals surface area contributed by atoms with Gasteiger partial charge in [-0.05, 0) is 51.8 Å². The van der Waals surface area contributed by atoms with Crippen LogP contribution in [0.15, 0.2) is 72.8 Å². The van der Waals surface area contributed by atoms with Gasteiger partial charge in [0.05, 0.1) is 0 Å². The van der Waals surface area contributed by atoms with E-state index in [1.165, 1.54) is 11.1 Å². The molecule has 1 aliphatic rings. The summed E-state index contributed by atoms with van der Waals surface area (Å²) in [5.41, 5.74) is 6.20. The third-order valence-electron chi connectivity index (χ3n) is 5.84. The quantitative estimate of drug-likeness (QED) is 0.467. The Morgan fingerprint density at radius 2 is 1.64 bits per heavy atom. The number of aryl methyl sites for hydroxylation is 1. The fraction of sp³-hybridized carbons (Fsp3) is 0.276. The summed E-state index contributed by atoms with van der Waals surface area (Å²) >= 11 is 0. The van der Waals surface area contributed by atoms with Crippen molar-refractivity contribution in [2.75, 3.05) is 18.5 Å². The minimum atomic E-state index is -0.188. The Balaban J connectivity index is 1.69. The highest BCUT2D eigenvalue weighted by molar-refractivity contribution is 6.06. The lowest BCUT2D eigenvalue weighted by Crippen LogP contribution is -2.16. The molecule has 4 nitrogen and oxygen atoms in total. The van der Waals surface area contributed by atoms with Gasteiger partial charge in [0.1, 0.15) is 13.2 Å². The van der Waals surface area contributed by atoms with E-state index >= 15 is 0 Å². The SMILES string of the molecule is CCc1ccccc1C(=CC(=O)Nc1ccc2c(c1)OCCO2)c1ccc(C(C)(C)C)cc1. The Bertz CT molecular complexity index is 1170. The van der Waals surface area contributed by atoms with Gasteiger partial charge in [0.15, 0.2) is 11.5 Å². The van der Waals surface area contributed by atoms with E-state index in [4.69, 9.17) is 9.47 Å².